The predicted molar refractivity (Wildman–Crippen MR) is 111 cm³/mol. The van der Waals surface area contributed by atoms with Crippen molar-refractivity contribution in [1.82, 2.24) is 20.3 Å². The summed E-state index contributed by atoms with van der Waals surface area (Å²) >= 11 is 0. The van der Waals surface area contributed by atoms with Gasteiger partial charge in [-0.3, -0.25) is 4.98 Å². The molecule has 0 aromatic carbocycles. The molecule has 0 saturated carbocycles. The summed E-state index contributed by atoms with van der Waals surface area (Å²) in [4.78, 5) is 13.2. The van der Waals surface area contributed by atoms with E-state index in [4.69, 9.17) is 0 Å². The Hall–Kier alpha value is -1.48. The van der Waals surface area contributed by atoms with Crippen LogP contribution in [0, 0.1) is 6.92 Å². The number of nitrogens with zero attached hydrogens (tertiary/aromatic N) is 3. The van der Waals surface area contributed by atoms with Crippen molar-refractivity contribution in [2.24, 2.45) is 0 Å². The van der Waals surface area contributed by atoms with Crippen LogP contribution in [0.2, 0.25) is 0 Å². The lowest BCUT2D eigenvalue weighted by molar-refractivity contribution is 0.448. The van der Waals surface area contributed by atoms with E-state index in [9.17, 15) is 8.42 Å². The van der Waals surface area contributed by atoms with Gasteiger partial charge in [-0.1, -0.05) is 0 Å². The number of hydrogen-bond acceptors (Lipinski definition) is 7. The van der Waals surface area contributed by atoms with Crippen molar-refractivity contribution < 1.29 is 8.42 Å². The van der Waals surface area contributed by atoms with Gasteiger partial charge in [-0.15, -0.1) is 24.8 Å². The first kappa shape index (κ1) is 23.6. The Labute approximate surface area is 172 Å². The van der Waals surface area contributed by atoms with Crippen molar-refractivity contribution >= 4 is 40.6 Å². The lowest BCUT2D eigenvalue weighted by atomic mass is 9.96. The SMILES string of the molecule is Cc1ccnc(CNc2ncc(S(C)(=O)=O)c(C3CCCNC3)n2)c1.Cl.Cl. The number of halogens is 2. The van der Waals surface area contributed by atoms with E-state index in [0.29, 0.717) is 18.2 Å². The number of pyridine rings is 1. The minimum Gasteiger partial charge on any atom is -0.349 e. The molecule has 0 amide bonds. The first-order valence-electron chi connectivity index (χ1n) is 8.36. The van der Waals surface area contributed by atoms with E-state index in [1.54, 1.807) is 6.20 Å². The fraction of sp³-hybridized carbons (Fsp3) is 0.471. The number of aromatic nitrogens is 3. The molecule has 2 aromatic heterocycles. The summed E-state index contributed by atoms with van der Waals surface area (Å²) in [6.45, 7) is 4.19. The molecule has 3 heterocycles. The molecule has 1 atom stereocenters. The average Bonchev–Trinajstić information content (AvgIpc) is 2.60. The Bertz CT molecular complexity index is 858. The molecule has 7 nitrogen and oxygen atoms in total. The third kappa shape index (κ3) is 6.27. The molecule has 0 aliphatic carbocycles. The van der Waals surface area contributed by atoms with Crippen molar-refractivity contribution in [3.8, 4) is 0 Å². The highest BCUT2D eigenvalue weighted by molar-refractivity contribution is 7.90. The molecule has 3 rings (SSSR count). The summed E-state index contributed by atoms with van der Waals surface area (Å²) in [5.41, 5.74) is 2.62. The Morgan fingerprint density at radius 3 is 2.70 bits per heavy atom. The monoisotopic (exact) mass is 433 g/mol. The number of rotatable bonds is 5. The molecular weight excluding hydrogens is 409 g/mol. The second-order valence-electron chi connectivity index (χ2n) is 6.44. The summed E-state index contributed by atoms with van der Waals surface area (Å²) in [6.07, 6.45) is 6.31. The molecular formula is C17H25Cl2N5O2S. The molecule has 2 N–H and O–H groups in total. The molecule has 1 aliphatic heterocycles. The van der Waals surface area contributed by atoms with Crippen LogP contribution in [0.4, 0.5) is 5.95 Å². The smallest absolute Gasteiger partial charge is 0.223 e. The highest BCUT2D eigenvalue weighted by atomic mass is 35.5. The van der Waals surface area contributed by atoms with Gasteiger partial charge in [-0.2, -0.15) is 0 Å². The summed E-state index contributed by atoms with van der Waals surface area (Å²) in [7, 11) is -3.37. The van der Waals surface area contributed by atoms with Crippen LogP contribution in [0.15, 0.2) is 29.4 Å². The predicted octanol–water partition coefficient (Wildman–Crippen LogP) is 2.51. The van der Waals surface area contributed by atoms with Crippen LogP contribution >= 0.6 is 24.8 Å². The van der Waals surface area contributed by atoms with Crippen LogP contribution in [0.25, 0.3) is 0 Å². The second-order valence-corrected chi connectivity index (χ2v) is 8.42. The molecule has 2 aromatic rings. The molecule has 10 heteroatoms. The first-order chi connectivity index (χ1) is 11.9. The maximum Gasteiger partial charge on any atom is 0.223 e. The summed E-state index contributed by atoms with van der Waals surface area (Å²) in [6, 6.07) is 3.93. The number of hydrogen-bond donors (Lipinski definition) is 2. The molecule has 27 heavy (non-hydrogen) atoms. The second kappa shape index (κ2) is 10.2. The van der Waals surface area contributed by atoms with Gasteiger partial charge in [0.2, 0.25) is 5.95 Å². The number of nitrogens with one attached hydrogen (secondary N) is 2. The fourth-order valence-corrected chi connectivity index (χ4v) is 3.83. The van der Waals surface area contributed by atoms with E-state index in [-0.39, 0.29) is 35.6 Å². The zero-order valence-electron chi connectivity index (χ0n) is 15.3. The Morgan fingerprint density at radius 2 is 2.07 bits per heavy atom. The van der Waals surface area contributed by atoms with E-state index >= 15 is 0 Å². The normalized spacial score (nSPS) is 16.7. The van der Waals surface area contributed by atoms with E-state index in [0.717, 1.165) is 37.2 Å². The molecule has 0 radical (unpaired) electrons. The topological polar surface area (TPSA) is 96.9 Å². The number of sulfone groups is 1. The largest absolute Gasteiger partial charge is 0.349 e. The third-order valence-electron chi connectivity index (χ3n) is 4.27. The summed E-state index contributed by atoms with van der Waals surface area (Å²) in [5.74, 6) is 0.510. The Balaban J connectivity index is 0.00000182. The van der Waals surface area contributed by atoms with E-state index < -0.39 is 9.84 Å². The zero-order valence-corrected chi connectivity index (χ0v) is 17.8. The number of piperidine rings is 1. The molecule has 1 fully saturated rings. The van der Waals surface area contributed by atoms with Gasteiger partial charge in [-0.25, -0.2) is 18.4 Å². The van der Waals surface area contributed by atoms with Crippen molar-refractivity contribution in [2.75, 3.05) is 24.7 Å². The lowest BCUT2D eigenvalue weighted by Crippen LogP contribution is -2.30. The standard InChI is InChI=1S/C17H23N5O2S.2ClH/c1-12-5-7-19-14(8-12)10-20-17-21-11-15(25(2,23)24)16(22-17)13-4-3-6-18-9-13;;/h5,7-8,11,13,18H,3-4,6,9-10H2,1-2H3,(H,20,21,22);2*1H. The van der Waals surface area contributed by atoms with Crippen LogP contribution in [-0.2, 0) is 16.4 Å². The highest BCUT2D eigenvalue weighted by Crippen LogP contribution is 2.27. The van der Waals surface area contributed by atoms with Crippen LogP contribution in [-0.4, -0.2) is 42.7 Å². The lowest BCUT2D eigenvalue weighted by Gasteiger charge is -2.24. The van der Waals surface area contributed by atoms with Crippen molar-refractivity contribution in [2.45, 2.75) is 37.1 Å². The van der Waals surface area contributed by atoms with E-state index in [1.165, 1.54) is 12.5 Å². The molecule has 150 valence electrons. The minimum atomic E-state index is -3.37. The summed E-state index contributed by atoms with van der Waals surface area (Å²) in [5, 5.41) is 6.46. The van der Waals surface area contributed by atoms with Crippen molar-refractivity contribution in [3.05, 3.63) is 41.5 Å². The fourth-order valence-electron chi connectivity index (χ4n) is 3.00. The van der Waals surface area contributed by atoms with Gasteiger partial charge >= 0.3 is 0 Å². The Morgan fingerprint density at radius 1 is 1.30 bits per heavy atom. The zero-order chi connectivity index (χ0) is 17.9. The highest BCUT2D eigenvalue weighted by Gasteiger charge is 2.25. The first-order valence-corrected chi connectivity index (χ1v) is 10.3. The van der Waals surface area contributed by atoms with Gasteiger partial charge in [0.1, 0.15) is 4.90 Å². The van der Waals surface area contributed by atoms with Crippen LogP contribution < -0.4 is 10.6 Å². The van der Waals surface area contributed by atoms with Crippen molar-refractivity contribution in [3.63, 3.8) is 0 Å². The quantitative estimate of drug-likeness (QED) is 0.747. The molecule has 0 bridgehead atoms. The Kier molecular flexibility index (Phi) is 8.87. The maximum absolute atomic E-state index is 12.1. The van der Waals surface area contributed by atoms with Crippen LogP contribution in [0.1, 0.15) is 35.7 Å². The molecule has 1 aliphatic rings. The number of aryl methyl sites for hydroxylation is 1. The van der Waals surface area contributed by atoms with Crippen LogP contribution in [0.5, 0.6) is 0 Å². The molecule has 1 saturated heterocycles. The number of anilines is 1. The summed E-state index contributed by atoms with van der Waals surface area (Å²) < 4.78 is 24.2. The van der Waals surface area contributed by atoms with Gasteiger partial charge in [0, 0.05) is 24.9 Å². The molecule has 0 spiro atoms. The third-order valence-corrected chi connectivity index (χ3v) is 5.38. The van der Waals surface area contributed by atoms with Gasteiger partial charge in [0.05, 0.1) is 24.1 Å². The minimum absolute atomic E-state index is 0. The van der Waals surface area contributed by atoms with Crippen molar-refractivity contribution in [1.29, 1.82) is 0 Å². The van der Waals surface area contributed by atoms with Gasteiger partial charge in [0.15, 0.2) is 9.84 Å². The average molecular weight is 434 g/mol. The maximum atomic E-state index is 12.1. The van der Waals surface area contributed by atoms with Gasteiger partial charge in [0.25, 0.3) is 0 Å². The van der Waals surface area contributed by atoms with Gasteiger partial charge in [-0.05, 0) is 44.0 Å². The molecule has 1 unspecified atom stereocenters. The van der Waals surface area contributed by atoms with Crippen LogP contribution in [0.3, 0.4) is 0 Å². The van der Waals surface area contributed by atoms with Gasteiger partial charge < -0.3 is 10.6 Å². The van der Waals surface area contributed by atoms with E-state index in [1.807, 2.05) is 19.1 Å². The van der Waals surface area contributed by atoms with E-state index in [2.05, 4.69) is 25.6 Å².